The molecule has 0 bridgehead atoms. The van der Waals surface area contributed by atoms with Crippen molar-refractivity contribution in [2.24, 2.45) is 0 Å². The number of fused-ring (bicyclic) bond motifs is 1. The quantitative estimate of drug-likeness (QED) is 0.879. The van der Waals surface area contributed by atoms with Crippen LogP contribution in [0, 0.1) is 6.92 Å². The number of amides is 1. The molecule has 20 heavy (non-hydrogen) atoms. The van der Waals surface area contributed by atoms with E-state index in [-0.39, 0.29) is 5.91 Å². The summed E-state index contributed by atoms with van der Waals surface area (Å²) < 4.78 is 0. The normalized spacial score (nSPS) is 10.8. The van der Waals surface area contributed by atoms with Crippen LogP contribution in [0.3, 0.4) is 0 Å². The summed E-state index contributed by atoms with van der Waals surface area (Å²) in [6, 6.07) is 1.91. The predicted octanol–water partition coefficient (Wildman–Crippen LogP) is 3.23. The van der Waals surface area contributed by atoms with E-state index in [1.54, 1.807) is 11.1 Å². The van der Waals surface area contributed by atoms with E-state index in [0.29, 0.717) is 23.7 Å². The number of nitrogens with zero attached hydrogens (tertiary/aromatic N) is 2. The summed E-state index contributed by atoms with van der Waals surface area (Å²) in [5.41, 5.74) is 8.71. The SMILES string of the molecule is C=C(C)CN(CC)C(=O)c1sc2nccc(C)c2c1N. The zero-order valence-corrected chi connectivity index (χ0v) is 12.9. The van der Waals surface area contributed by atoms with Crippen molar-refractivity contribution >= 4 is 33.1 Å². The molecule has 0 aliphatic carbocycles. The molecule has 0 aliphatic heterocycles. The standard InChI is InChI=1S/C15H19N3OS/c1-5-18(8-9(2)3)15(19)13-12(16)11-10(4)6-7-17-14(11)20-13/h6-7H,2,5,8,16H2,1,3-4H3. The van der Waals surface area contributed by atoms with Gasteiger partial charge in [0.1, 0.15) is 9.71 Å². The molecule has 2 N–H and O–H groups in total. The fourth-order valence-electron chi connectivity index (χ4n) is 2.16. The van der Waals surface area contributed by atoms with E-state index in [1.165, 1.54) is 11.3 Å². The Kier molecular flexibility index (Phi) is 4.09. The molecule has 0 radical (unpaired) electrons. The molecule has 5 heteroatoms. The minimum atomic E-state index is -0.0459. The summed E-state index contributed by atoms with van der Waals surface area (Å²) in [5, 5.41) is 0.896. The zero-order valence-electron chi connectivity index (χ0n) is 12.1. The smallest absolute Gasteiger partial charge is 0.266 e. The van der Waals surface area contributed by atoms with Gasteiger partial charge in [0.05, 0.1) is 5.69 Å². The molecular weight excluding hydrogens is 270 g/mol. The molecule has 0 spiro atoms. The molecule has 0 fully saturated rings. The maximum atomic E-state index is 12.6. The molecule has 0 aromatic carbocycles. The van der Waals surface area contributed by atoms with E-state index in [0.717, 1.165) is 21.4 Å². The van der Waals surface area contributed by atoms with Crippen molar-refractivity contribution in [3.8, 4) is 0 Å². The first-order chi connectivity index (χ1) is 9.45. The van der Waals surface area contributed by atoms with E-state index < -0.39 is 0 Å². The number of likely N-dealkylation sites (N-methyl/N-ethyl adjacent to an activating group) is 1. The second-order valence-corrected chi connectivity index (χ2v) is 5.93. The van der Waals surface area contributed by atoms with Gasteiger partial charge in [-0.05, 0) is 32.4 Å². The van der Waals surface area contributed by atoms with E-state index in [9.17, 15) is 4.79 Å². The number of carbonyl (C=O) groups is 1. The van der Waals surface area contributed by atoms with Crippen molar-refractivity contribution in [3.05, 3.63) is 34.9 Å². The van der Waals surface area contributed by atoms with Crippen LogP contribution in [0.5, 0.6) is 0 Å². The molecule has 0 atom stereocenters. The molecule has 0 unspecified atom stereocenters. The van der Waals surface area contributed by atoms with Crippen molar-refractivity contribution in [1.29, 1.82) is 0 Å². The number of nitrogens with two attached hydrogens (primary N) is 1. The first-order valence-electron chi connectivity index (χ1n) is 6.53. The Morgan fingerprint density at radius 2 is 2.25 bits per heavy atom. The van der Waals surface area contributed by atoms with Gasteiger partial charge >= 0.3 is 0 Å². The Morgan fingerprint density at radius 1 is 1.55 bits per heavy atom. The lowest BCUT2D eigenvalue weighted by Gasteiger charge is -2.20. The topological polar surface area (TPSA) is 59.2 Å². The molecule has 2 rings (SSSR count). The van der Waals surface area contributed by atoms with E-state index in [4.69, 9.17) is 5.73 Å². The number of hydrogen-bond donors (Lipinski definition) is 1. The number of anilines is 1. The number of aryl methyl sites for hydroxylation is 1. The van der Waals surface area contributed by atoms with Crippen LogP contribution < -0.4 is 5.73 Å². The summed E-state index contributed by atoms with van der Waals surface area (Å²) in [5.74, 6) is -0.0459. The van der Waals surface area contributed by atoms with Gasteiger partial charge in [-0.15, -0.1) is 11.3 Å². The molecular formula is C15H19N3OS. The number of thiophene rings is 1. The van der Waals surface area contributed by atoms with Gasteiger partial charge in [-0.2, -0.15) is 0 Å². The summed E-state index contributed by atoms with van der Waals surface area (Å²) in [4.78, 5) is 20.0. The maximum absolute atomic E-state index is 12.6. The van der Waals surface area contributed by atoms with E-state index in [2.05, 4.69) is 11.6 Å². The van der Waals surface area contributed by atoms with Crippen molar-refractivity contribution in [2.75, 3.05) is 18.8 Å². The number of pyridine rings is 1. The van der Waals surface area contributed by atoms with Crippen LogP contribution in [-0.2, 0) is 0 Å². The third kappa shape index (κ3) is 2.54. The van der Waals surface area contributed by atoms with Crippen LogP contribution in [0.15, 0.2) is 24.4 Å². The number of hydrogen-bond acceptors (Lipinski definition) is 4. The Bertz CT molecular complexity index is 675. The Hall–Kier alpha value is -1.88. The number of rotatable bonds is 4. The monoisotopic (exact) mass is 289 g/mol. The molecule has 0 saturated carbocycles. The van der Waals surface area contributed by atoms with Gasteiger partial charge in [-0.1, -0.05) is 12.2 Å². The highest BCUT2D eigenvalue weighted by Gasteiger charge is 2.22. The maximum Gasteiger partial charge on any atom is 0.266 e. The van der Waals surface area contributed by atoms with Crippen LogP contribution in [0.2, 0.25) is 0 Å². The van der Waals surface area contributed by atoms with Gasteiger partial charge in [0.2, 0.25) is 0 Å². The molecule has 2 heterocycles. The largest absolute Gasteiger partial charge is 0.397 e. The highest BCUT2D eigenvalue weighted by Crippen LogP contribution is 2.35. The van der Waals surface area contributed by atoms with Gasteiger partial charge in [0, 0.05) is 24.7 Å². The average molecular weight is 289 g/mol. The molecule has 2 aromatic heterocycles. The lowest BCUT2D eigenvalue weighted by Crippen LogP contribution is -2.32. The Labute approximate surface area is 122 Å². The summed E-state index contributed by atoms with van der Waals surface area (Å²) in [7, 11) is 0. The predicted molar refractivity (Wildman–Crippen MR) is 85.2 cm³/mol. The molecule has 0 saturated heterocycles. The third-order valence-corrected chi connectivity index (χ3v) is 4.26. The molecule has 0 aliphatic rings. The fourth-order valence-corrected chi connectivity index (χ4v) is 3.27. The Morgan fingerprint density at radius 3 is 2.80 bits per heavy atom. The van der Waals surface area contributed by atoms with Crippen LogP contribution >= 0.6 is 11.3 Å². The first-order valence-corrected chi connectivity index (χ1v) is 7.34. The van der Waals surface area contributed by atoms with Crippen LogP contribution in [0.1, 0.15) is 29.1 Å². The molecule has 106 valence electrons. The lowest BCUT2D eigenvalue weighted by atomic mass is 10.1. The van der Waals surface area contributed by atoms with Crippen molar-refractivity contribution in [1.82, 2.24) is 9.88 Å². The van der Waals surface area contributed by atoms with Gasteiger partial charge in [-0.25, -0.2) is 4.98 Å². The van der Waals surface area contributed by atoms with Crippen molar-refractivity contribution < 1.29 is 4.79 Å². The second-order valence-electron chi connectivity index (χ2n) is 4.93. The van der Waals surface area contributed by atoms with Crippen LogP contribution in [0.4, 0.5) is 5.69 Å². The number of carbonyl (C=O) groups excluding carboxylic acids is 1. The second kappa shape index (κ2) is 5.63. The van der Waals surface area contributed by atoms with Gasteiger partial charge in [0.25, 0.3) is 5.91 Å². The highest BCUT2D eigenvalue weighted by atomic mass is 32.1. The minimum Gasteiger partial charge on any atom is -0.397 e. The number of nitrogen functional groups attached to an aromatic ring is 1. The number of aromatic nitrogens is 1. The first kappa shape index (κ1) is 14.5. The van der Waals surface area contributed by atoms with Gasteiger partial charge in [0.15, 0.2) is 0 Å². The third-order valence-electron chi connectivity index (χ3n) is 3.16. The summed E-state index contributed by atoms with van der Waals surface area (Å²) >= 11 is 1.36. The summed E-state index contributed by atoms with van der Waals surface area (Å²) in [6.45, 7) is 10.9. The van der Waals surface area contributed by atoms with Gasteiger partial charge in [-0.3, -0.25) is 4.79 Å². The molecule has 4 nitrogen and oxygen atoms in total. The molecule has 2 aromatic rings. The Balaban J connectivity index is 2.47. The fraction of sp³-hybridized carbons (Fsp3) is 0.333. The lowest BCUT2D eigenvalue weighted by molar-refractivity contribution is 0.0784. The zero-order chi connectivity index (χ0) is 14.9. The molecule has 1 amide bonds. The minimum absolute atomic E-state index is 0.0459. The van der Waals surface area contributed by atoms with Crippen molar-refractivity contribution in [2.45, 2.75) is 20.8 Å². The van der Waals surface area contributed by atoms with E-state index >= 15 is 0 Å². The van der Waals surface area contributed by atoms with E-state index in [1.807, 2.05) is 26.8 Å². The van der Waals surface area contributed by atoms with Gasteiger partial charge < -0.3 is 10.6 Å². The van der Waals surface area contributed by atoms with Crippen LogP contribution in [-0.4, -0.2) is 28.9 Å². The highest BCUT2D eigenvalue weighted by molar-refractivity contribution is 7.21. The van der Waals surface area contributed by atoms with Crippen molar-refractivity contribution in [3.63, 3.8) is 0 Å². The summed E-state index contributed by atoms with van der Waals surface area (Å²) in [6.07, 6.45) is 1.74. The average Bonchev–Trinajstić information content (AvgIpc) is 2.73. The van der Waals surface area contributed by atoms with Crippen LogP contribution in [0.25, 0.3) is 10.2 Å².